The molecule has 10 heteroatoms. The van der Waals surface area contributed by atoms with Crippen molar-refractivity contribution in [2.75, 3.05) is 11.9 Å². The van der Waals surface area contributed by atoms with E-state index in [-0.39, 0.29) is 60.1 Å². The Balaban J connectivity index is 1.44. The van der Waals surface area contributed by atoms with Crippen molar-refractivity contribution in [2.45, 2.75) is 75.8 Å². The Kier molecular flexibility index (Phi) is 10.9. The van der Waals surface area contributed by atoms with Crippen molar-refractivity contribution in [2.24, 2.45) is 51.8 Å². The number of hydrogen-bond acceptors (Lipinski definition) is 6. The van der Waals surface area contributed by atoms with E-state index in [0.717, 1.165) is 67.9 Å². The summed E-state index contributed by atoms with van der Waals surface area (Å²) in [5.41, 5.74) is 22.5. The maximum absolute atomic E-state index is 12.2. The second-order valence-electron chi connectivity index (χ2n) is 14.6. The predicted molar refractivity (Wildman–Crippen MR) is 198 cm³/mol. The summed E-state index contributed by atoms with van der Waals surface area (Å²) in [7, 11) is 0. The number of guanidine groups is 1. The number of aromatic nitrogens is 1. The molecule has 0 amide bonds. The Morgan fingerprint density at radius 1 is 1.06 bits per heavy atom. The van der Waals surface area contributed by atoms with Crippen LogP contribution in [0.3, 0.4) is 0 Å². The van der Waals surface area contributed by atoms with Crippen LogP contribution in [0.4, 0.5) is 5.82 Å². The smallest absolute Gasteiger partial charge is 0.328 e. The van der Waals surface area contributed by atoms with Gasteiger partial charge in [0.15, 0.2) is 5.96 Å². The lowest BCUT2D eigenvalue weighted by molar-refractivity contribution is -0.131. The molecule has 50 heavy (non-hydrogen) atoms. The molecule has 0 saturated heterocycles. The summed E-state index contributed by atoms with van der Waals surface area (Å²) in [6, 6.07) is 14.6. The van der Waals surface area contributed by atoms with Gasteiger partial charge in [0.05, 0.1) is 12.6 Å². The van der Waals surface area contributed by atoms with Crippen LogP contribution in [-0.2, 0) is 20.8 Å². The van der Waals surface area contributed by atoms with Crippen LogP contribution in [0.5, 0.6) is 0 Å². The third kappa shape index (κ3) is 7.55. The molecule has 9 atom stereocenters. The third-order valence-electron chi connectivity index (χ3n) is 11.4. The van der Waals surface area contributed by atoms with Crippen LogP contribution >= 0.6 is 0 Å². The number of nitrogens with one attached hydrogen (secondary N) is 2. The van der Waals surface area contributed by atoms with Gasteiger partial charge in [-0.05, 0) is 119 Å². The molecular formula is C40H50N6O4. The lowest BCUT2D eigenvalue weighted by atomic mass is 9.48. The molecule has 0 spiro atoms. The Hall–Kier alpha value is -4.70. The Labute approximate surface area is 293 Å². The normalized spacial score (nSPS) is 25.6. The van der Waals surface area contributed by atoms with Crippen LogP contribution in [-0.4, -0.2) is 53.2 Å². The van der Waals surface area contributed by atoms with Gasteiger partial charge >= 0.3 is 5.97 Å². The van der Waals surface area contributed by atoms with Crippen molar-refractivity contribution >= 4 is 41.1 Å². The van der Waals surface area contributed by atoms with Gasteiger partial charge in [0.2, 0.25) is 0 Å². The molecule has 9 N–H and O–H groups in total. The van der Waals surface area contributed by atoms with Gasteiger partial charge in [0, 0.05) is 30.7 Å². The molecule has 3 aromatic rings. The van der Waals surface area contributed by atoms with Crippen molar-refractivity contribution in [3.05, 3.63) is 89.2 Å². The zero-order valence-corrected chi connectivity index (χ0v) is 28.7. The number of anilines is 1. The first kappa shape index (κ1) is 35.1. The molecule has 1 fully saturated rings. The average molecular weight is 679 g/mol. The highest BCUT2D eigenvalue weighted by Crippen LogP contribution is 2.62. The fraction of sp³-hybridized carbons (Fsp3) is 0.450. The van der Waals surface area contributed by atoms with Crippen LogP contribution in [0.1, 0.15) is 74.0 Å². The van der Waals surface area contributed by atoms with E-state index in [1.807, 2.05) is 31.3 Å². The minimum Gasteiger partial charge on any atom is -0.478 e. The number of hydrogen-bond donors (Lipinski definition) is 6. The number of carbonyl (C=O) groups is 3. The number of aliphatic imine (C=N–C) groups is 1. The van der Waals surface area contributed by atoms with Gasteiger partial charge < -0.3 is 42.2 Å². The van der Waals surface area contributed by atoms with E-state index in [0.29, 0.717) is 17.9 Å². The van der Waals surface area contributed by atoms with E-state index in [1.165, 1.54) is 22.6 Å². The molecule has 10 nitrogen and oxygen atoms in total. The zero-order valence-electron chi connectivity index (χ0n) is 28.7. The molecule has 3 aliphatic carbocycles. The van der Waals surface area contributed by atoms with E-state index >= 15 is 0 Å². The largest absolute Gasteiger partial charge is 0.478 e. The standard InChI is InChI=1S/C40H50N6O4/c1-23(22-48)4-9-29(41)10-7-25-8-11-31-30-12-13-32(39(46-35-3-2-15-44-35)28(20-36(49)50)21-45-40(42)43)38(31)37(25)34-19-27-17-24(14-16-47)5-6-26(27)18-33(30)34/h2-3,5-6,8,11,15-20,22-23,25,29-32,37-39,44,46H,4,7,9-10,12-14,21,41H2,1H3,(H,49,50)(H4,42,43,45)/b28-20+/t23-,25+,29-,30-,31-,32-,37+,38-,39-/m0/s1. The number of aldehydes is 2. The topological polar surface area (TPSA) is 190 Å². The number of carboxylic acids is 1. The second-order valence-corrected chi connectivity index (χ2v) is 14.6. The summed E-state index contributed by atoms with van der Waals surface area (Å²) in [6.07, 6.45) is 15.5. The molecular weight excluding hydrogens is 628 g/mol. The highest BCUT2D eigenvalue weighted by Gasteiger charge is 2.53. The minimum atomic E-state index is -1.04. The van der Waals surface area contributed by atoms with Crippen LogP contribution < -0.4 is 22.5 Å². The molecule has 264 valence electrons. The van der Waals surface area contributed by atoms with E-state index in [2.05, 4.69) is 51.7 Å². The average Bonchev–Trinajstić information content (AvgIpc) is 3.62. The molecule has 0 aliphatic heterocycles. The zero-order chi connectivity index (χ0) is 35.4. The summed E-state index contributed by atoms with van der Waals surface area (Å²) >= 11 is 0. The van der Waals surface area contributed by atoms with Crippen molar-refractivity contribution in [1.29, 1.82) is 0 Å². The molecule has 6 rings (SSSR count). The van der Waals surface area contributed by atoms with Gasteiger partial charge in [-0.3, -0.25) is 0 Å². The molecule has 1 heterocycles. The molecule has 4 bridgehead atoms. The van der Waals surface area contributed by atoms with Crippen LogP contribution in [0.25, 0.3) is 10.8 Å². The number of nitrogens with zero attached hydrogens (tertiary/aromatic N) is 1. The maximum Gasteiger partial charge on any atom is 0.328 e. The van der Waals surface area contributed by atoms with Crippen molar-refractivity contribution in [3.63, 3.8) is 0 Å². The Morgan fingerprint density at radius 2 is 1.88 bits per heavy atom. The van der Waals surface area contributed by atoms with E-state index in [9.17, 15) is 19.5 Å². The number of carbonyl (C=O) groups excluding carboxylic acids is 2. The van der Waals surface area contributed by atoms with E-state index in [1.54, 1.807) is 0 Å². The number of nitrogens with two attached hydrogens (primary N) is 3. The number of benzene rings is 2. The highest BCUT2D eigenvalue weighted by atomic mass is 16.4. The number of carboxylic acid groups (broad SMARTS) is 1. The first-order chi connectivity index (χ1) is 24.2. The molecule has 1 aromatic heterocycles. The van der Waals surface area contributed by atoms with E-state index < -0.39 is 5.97 Å². The van der Waals surface area contributed by atoms with Crippen LogP contribution in [0.15, 0.2) is 77.5 Å². The lowest BCUT2D eigenvalue weighted by Gasteiger charge is -2.56. The number of rotatable bonds is 16. The monoisotopic (exact) mass is 678 g/mol. The molecule has 2 aromatic carbocycles. The van der Waals surface area contributed by atoms with Crippen molar-refractivity contribution < 1.29 is 19.5 Å². The molecule has 0 radical (unpaired) electrons. The number of allylic oxidation sites excluding steroid dienone is 2. The van der Waals surface area contributed by atoms with Crippen LogP contribution in [0, 0.1) is 29.6 Å². The third-order valence-corrected chi connectivity index (χ3v) is 11.4. The number of H-pyrrole nitrogens is 1. The van der Waals surface area contributed by atoms with Gasteiger partial charge in [-0.2, -0.15) is 0 Å². The van der Waals surface area contributed by atoms with E-state index in [4.69, 9.17) is 17.2 Å². The fourth-order valence-corrected chi connectivity index (χ4v) is 9.17. The summed E-state index contributed by atoms with van der Waals surface area (Å²) < 4.78 is 0. The molecule has 0 unspecified atom stereocenters. The summed E-state index contributed by atoms with van der Waals surface area (Å²) in [5.74, 6) is 0.952. The summed E-state index contributed by atoms with van der Waals surface area (Å²) in [6.45, 7) is 2.01. The SMILES string of the molecule is C[C@H](C=O)CC[C@H](N)CC[C@@H]1C=C[C@@H]2[C@H]3[C@@H]([C@@H](Nc4ccc[nH]4)/C(=C/C(=O)O)CN=C(N)N)CC[C@@H]2c2cc4ccc(CC=O)cc4cc2[C@H]31. The quantitative estimate of drug-likeness (QED) is 0.0381. The minimum absolute atomic E-state index is 0.00373. The fourth-order valence-electron chi connectivity index (χ4n) is 9.17. The highest BCUT2D eigenvalue weighted by molar-refractivity contribution is 5.86. The van der Waals surface area contributed by atoms with Gasteiger partial charge in [-0.25, -0.2) is 9.79 Å². The maximum atomic E-state index is 12.2. The molecule has 1 saturated carbocycles. The van der Waals surface area contributed by atoms with Crippen molar-refractivity contribution in [3.8, 4) is 0 Å². The summed E-state index contributed by atoms with van der Waals surface area (Å²) in [5, 5.41) is 16.0. The Bertz CT molecular complexity index is 1780. The number of aliphatic carboxylic acids is 1. The number of fused-ring (bicyclic) bond motifs is 4. The van der Waals surface area contributed by atoms with Crippen molar-refractivity contribution in [1.82, 2.24) is 4.98 Å². The second kappa shape index (κ2) is 15.5. The van der Waals surface area contributed by atoms with Gasteiger partial charge in [-0.15, -0.1) is 0 Å². The van der Waals surface area contributed by atoms with Gasteiger partial charge in [-0.1, -0.05) is 49.4 Å². The Morgan fingerprint density at radius 3 is 2.60 bits per heavy atom. The number of aromatic amines is 1. The van der Waals surface area contributed by atoms with Gasteiger partial charge in [0.25, 0.3) is 0 Å². The first-order valence-corrected chi connectivity index (χ1v) is 17.9. The lowest BCUT2D eigenvalue weighted by Crippen LogP contribution is -2.50. The van der Waals surface area contributed by atoms with Crippen LogP contribution in [0.2, 0.25) is 0 Å². The first-order valence-electron chi connectivity index (χ1n) is 17.9. The predicted octanol–water partition coefficient (Wildman–Crippen LogP) is 5.41. The molecule has 3 aliphatic rings. The van der Waals surface area contributed by atoms with Gasteiger partial charge in [0.1, 0.15) is 18.4 Å². The summed E-state index contributed by atoms with van der Waals surface area (Å²) in [4.78, 5) is 42.4.